The van der Waals surface area contributed by atoms with Crippen molar-refractivity contribution in [2.75, 3.05) is 6.61 Å². The van der Waals surface area contributed by atoms with Crippen molar-refractivity contribution >= 4 is 0 Å². The summed E-state index contributed by atoms with van der Waals surface area (Å²) in [6, 6.07) is 0. The van der Waals surface area contributed by atoms with Crippen LogP contribution in [-0.4, -0.2) is 34.1 Å². The average molecular weight is 337 g/mol. The molecule has 0 aromatic carbocycles. The third kappa shape index (κ3) is 5.72. The molecule has 0 radical (unpaired) electrons. The van der Waals surface area contributed by atoms with E-state index in [-0.39, 0.29) is 18.1 Å². The van der Waals surface area contributed by atoms with Gasteiger partial charge in [0.15, 0.2) is 0 Å². The Morgan fingerprint density at radius 2 is 2.04 bits per heavy atom. The van der Waals surface area contributed by atoms with E-state index in [1.54, 1.807) is 0 Å². The summed E-state index contributed by atoms with van der Waals surface area (Å²) >= 11 is 0. The highest BCUT2D eigenvalue weighted by atomic mass is 16.3. The maximum atomic E-state index is 10.4. The Balaban J connectivity index is 1.79. The van der Waals surface area contributed by atoms with Crippen LogP contribution in [0.1, 0.15) is 71.1 Å². The molecule has 0 bridgehead atoms. The summed E-state index contributed by atoms with van der Waals surface area (Å²) in [7, 11) is 0. The number of aliphatic hydroxyl groups is 3. The first-order valence-electron chi connectivity index (χ1n) is 10.0. The standard InChI is InChI=1S/C21H36O3/c1-2-3-5-9-18(23)10-11-19-20-14-16(8-6-4-7-12-22)13-17(20)15-21(19)24/h10-11,13,17-24H,2-9,12,14-15H2,1H3/b11-10+/t17-,18-,19+,20-,21+/m0/s1. The first kappa shape index (κ1) is 19.7. The fraction of sp³-hybridized carbons (Fsp3) is 0.810. The van der Waals surface area contributed by atoms with E-state index in [1.165, 1.54) is 18.4 Å². The molecule has 2 aliphatic rings. The molecule has 138 valence electrons. The molecule has 3 heteroatoms. The third-order valence-electron chi connectivity index (χ3n) is 5.76. The maximum absolute atomic E-state index is 10.4. The summed E-state index contributed by atoms with van der Waals surface area (Å²) < 4.78 is 0. The van der Waals surface area contributed by atoms with Gasteiger partial charge in [0.1, 0.15) is 0 Å². The molecule has 2 rings (SSSR count). The number of unbranched alkanes of at least 4 members (excludes halogenated alkanes) is 4. The molecule has 0 aromatic rings. The van der Waals surface area contributed by atoms with Crippen molar-refractivity contribution < 1.29 is 15.3 Å². The van der Waals surface area contributed by atoms with Crippen molar-refractivity contribution in [1.29, 1.82) is 0 Å². The van der Waals surface area contributed by atoms with Crippen LogP contribution in [0.25, 0.3) is 0 Å². The third-order valence-corrected chi connectivity index (χ3v) is 5.76. The van der Waals surface area contributed by atoms with E-state index in [1.807, 2.05) is 6.08 Å². The molecule has 0 spiro atoms. The van der Waals surface area contributed by atoms with E-state index in [4.69, 9.17) is 5.11 Å². The van der Waals surface area contributed by atoms with E-state index >= 15 is 0 Å². The monoisotopic (exact) mass is 336 g/mol. The van der Waals surface area contributed by atoms with Crippen molar-refractivity contribution in [1.82, 2.24) is 0 Å². The van der Waals surface area contributed by atoms with Gasteiger partial charge in [0, 0.05) is 12.5 Å². The molecule has 0 heterocycles. The molecular formula is C21H36O3. The van der Waals surface area contributed by atoms with Crippen LogP contribution in [0.4, 0.5) is 0 Å². The van der Waals surface area contributed by atoms with Crippen LogP contribution in [0.2, 0.25) is 0 Å². The zero-order valence-corrected chi connectivity index (χ0v) is 15.2. The molecule has 3 nitrogen and oxygen atoms in total. The minimum atomic E-state index is -0.366. The van der Waals surface area contributed by atoms with Gasteiger partial charge in [-0.15, -0.1) is 0 Å². The molecular weight excluding hydrogens is 300 g/mol. The van der Waals surface area contributed by atoms with Crippen LogP contribution in [0, 0.1) is 17.8 Å². The quantitative estimate of drug-likeness (QED) is 0.395. The van der Waals surface area contributed by atoms with E-state index in [0.717, 1.165) is 51.4 Å². The molecule has 0 saturated heterocycles. The van der Waals surface area contributed by atoms with Gasteiger partial charge in [0.25, 0.3) is 0 Å². The molecule has 1 fully saturated rings. The molecule has 2 aliphatic carbocycles. The number of fused-ring (bicyclic) bond motifs is 1. The molecule has 5 atom stereocenters. The Bertz CT molecular complexity index is 415. The predicted octanol–water partition coefficient (Wildman–Crippen LogP) is 3.98. The summed E-state index contributed by atoms with van der Waals surface area (Å²) in [5.41, 5.74) is 1.54. The van der Waals surface area contributed by atoms with E-state index < -0.39 is 0 Å². The predicted molar refractivity (Wildman–Crippen MR) is 98.6 cm³/mol. The Hall–Kier alpha value is -0.640. The topological polar surface area (TPSA) is 60.7 Å². The lowest BCUT2D eigenvalue weighted by Crippen LogP contribution is -2.18. The molecule has 0 unspecified atom stereocenters. The summed E-state index contributed by atoms with van der Waals surface area (Å²) in [6.07, 6.45) is 16.3. The number of aliphatic hydroxyl groups excluding tert-OH is 3. The molecule has 1 saturated carbocycles. The summed E-state index contributed by atoms with van der Waals surface area (Å²) in [5.74, 6) is 1.23. The van der Waals surface area contributed by atoms with E-state index in [0.29, 0.717) is 18.4 Å². The van der Waals surface area contributed by atoms with Gasteiger partial charge in [-0.25, -0.2) is 0 Å². The van der Waals surface area contributed by atoms with E-state index in [2.05, 4.69) is 19.1 Å². The van der Waals surface area contributed by atoms with Crippen LogP contribution in [0.3, 0.4) is 0 Å². The first-order valence-corrected chi connectivity index (χ1v) is 10.0. The van der Waals surface area contributed by atoms with Crippen LogP contribution in [0.15, 0.2) is 23.8 Å². The molecule has 0 aliphatic heterocycles. The fourth-order valence-electron chi connectivity index (χ4n) is 4.39. The first-order chi connectivity index (χ1) is 11.7. The zero-order chi connectivity index (χ0) is 17.4. The summed E-state index contributed by atoms with van der Waals surface area (Å²) in [4.78, 5) is 0. The van der Waals surface area contributed by atoms with Gasteiger partial charge in [0.2, 0.25) is 0 Å². The highest BCUT2D eigenvalue weighted by molar-refractivity contribution is 5.20. The lowest BCUT2D eigenvalue weighted by molar-refractivity contribution is 0.139. The van der Waals surface area contributed by atoms with Gasteiger partial charge in [-0.3, -0.25) is 0 Å². The second kappa shape index (κ2) is 10.4. The number of rotatable bonds is 11. The highest BCUT2D eigenvalue weighted by Crippen LogP contribution is 2.48. The summed E-state index contributed by atoms with van der Waals surface area (Å²) in [6.45, 7) is 2.47. The van der Waals surface area contributed by atoms with Crippen molar-refractivity contribution in [2.24, 2.45) is 17.8 Å². The summed E-state index contributed by atoms with van der Waals surface area (Å²) in [5, 5.41) is 29.3. The van der Waals surface area contributed by atoms with Crippen LogP contribution in [-0.2, 0) is 0 Å². The van der Waals surface area contributed by atoms with Gasteiger partial charge < -0.3 is 15.3 Å². The second-order valence-corrected chi connectivity index (χ2v) is 7.72. The highest BCUT2D eigenvalue weighted by Gasteiger charge is 2.43. The Morgan fingerprint density at radius 1 is 1.21 bits per heavy atom. The Kier molecular flexibility index (Phi) is 8.51. The minimum absolute atomic E-state index is 0.196. The minimum Gasteiger partial charge on any atom is -0.396 e. The molecule has 0 amide bonds. The Labute approximate surface area is 147 Å². The van der Waals surface area contributed by atoms with Crippen molar-refractivity contribution in [2.45, 2.75) is 83.3 Å². The number of allylic oxidation sites excluding steroid dienone is 2. The van der Waals surface area contributed by atoms with Crippen molar-refractivity contribution in [3.63, 3.8) is 0 Å². The normalized spacial score (nSPS) is 30.8. The Morgan fingerprint density at radius 3 is 2.79 bits per heavy atom. The van der Waals surface area contributed by atoms with Gasteiger partial charge >= 0.3 is 0 Å². The fourth-order valence-corrected chi connectivity index (χ4v) is 4.39. The van der Waals surface area contributed by atoms with Crippen molar-refractivity contribution in [3.8, 4) is 0 Å². The number of hydrogen-bond donors (Lipinski definition) is 3. The van der Waals surface area contributed by atoms with Gasteiger partial charge in [-0.1, -0.05) is 56.4 Å². The SMILES string of the molecule is CCCCC[C@H](O)/C=C/[C@@H]1[C@H]2CC(CCCCCO)=C[C@H]2C[C@H]1O. The van der Waals surface area contributed by atoms with Crippen LogP contribution >= 0.6 is 0 Å². The largest absolute Gasteiger partial charge is 0.396 e. The van der Waals surface area contributed by atoms with Gasteiger partial charge in [-0.05, 0) is 50.4 Å². The van der Waals surface area contributed by atoms with E-state index in [9.17, 15) is 10.2 Å². The smallest absolute Gasteiger partial charge is 0.0721 e. The maximum Gasteiger partial charge on any atom is 0.0721 e. The van der Waals surface area contributed by atoms with Gasteiger partial charge in [0.05, 0.1) is 12.2 Å². The van der Waals surface area contributed by atoms with Gasteiger partial charge in [-0.2, -0.15) is 0 Å². The lowest BCUT2D eigenvalue weighted by Gasteiger charge is -2.19. The van der Waals surface area contributed by atoms with Crippen molar-refractivity contribution in [3.05, 3.63) is 23.8 Å². The van der Waals surface area contributed by atoms with Crippen LogP contribution < -0.4 is 0 Å². The lowest BCUT2D eigenvalue weighted by atomic mass is 9.88. The molecule has 24 heavy (non-hydrogen) atoms. The zero-order valence-electron chi connectivity index (χ0n) is 15.2. The molecule has 0 aromatic heterocycles. The second-order valence-electron chi connectivity index (χ2n) is 7.72. The number of hydrogen-bond acceptors (Lipinski definition) is 3. The van der Waals surface area contributed by atoms with Crippen LogP contribution in [0.5, 0.6) is 0 Å². The average Bonchev–Trinajstić information content (AvgIpc) is 3.06. The molecule has 3 N–H and O–H groups in total.